The summed E-state index contributed by atoms with van der Waals surface area (Å²) < 4.78 is 5.21. The van der Waals surface area contributed by atoms with Crippen LogP contribution >= 0.6 is 0 Å². The van der Waals surface area contributed by atoms with Gasteiger partial charge in [0, 0.05) is 0 Å². The fourth-order valence-corrected chi connectivity index (χ4v) is 3.83. The molecule has 0 spiro atoms. The van der Waals surface area contributed by atoms with E-state index in [0.29, 0.717) is 6.61 Å². The zero-order valence-electron chi connectivity index (χ0n) is 12.0. The molecule has 2 nitrogen and oxygen atoms in total. The highest BCUT2D eigenvalue weighted by Gasteiger charge is 2.32. The van der Waals surface area contributed by atoms with Crippen molar-refractivity contribution in [3.63, 3.8) is 0 Å². The van der Waals surface area contributed by atoms with Gasteiger partial charge in [0.1, 0.15) is 0 Å². The molecule has 0 aromatic carbocycles. The Morgan fingerprint density at radius 2 is 1.83 bits per heavy atom. The number of esters is 1. The van der Waals surface area contributed by atoms with E-state index in [0.717, 1.165) is 37.0 Å². The lowest BCUT2D eigenvalue weighted by molar-refractivity contribution is -0.154. The number of carbonyl (C=O) groups excluding carboxylic acids is 1. The van der Waals surface area contributed by atoms with Crippen molar-refractivity contribution in [1.82, 2.24) is 0 Å². The summed E-state index contributed by atoms with van der Waals surface area (Å²) in [7, 11) is 0. The molecule has 2 rings (SSSR count). The van der Waals surface area contributed by atoms with Crippen LogP contribution in [0.1, 0.15) is 65.2 Å². The second-order valence-electron chi connectivity index (χ2n) is 6.68. The number of cyclic esters (lactones) is 1. The van der Waals surface area contributed by atoms with Crippen LogP contribution in [0.4, 0.5) is 0 Å². The van der Waals surface area contributed by atoms with Gasteiger partial charge in [0.05, 0.1) is 12.5 Å². The minimum absolute atomic E-state index is 0.0788. The number of carbonyl (C=O) groups is 1. The van der Waals surface area contributed by atoms with Gasteiger partial charge in [-0.25, -0.2) is 0 Å². The van der Waals surface area contributed by atoms with Crippen molar-refractivity contribution >= 4 is 5.97 Å². The lowest BCUT2D eigenvalue weighted by Gasteiger charge is -2.35. The highest BCUT2D eigenvalue weighted by molar-refractivity contribution is 5.72. The van der Waals surface area contributed by atoms with Gasteiger partial charge >= 0.3 is 5.97 Å². The van der Waals surface area contributed by atoms with Crippen LogP contribution in [0.25, 0.3) is 0 Å². The van der Waals surface area contributed by atoms with Crippen molar-refractivity contribution in [3.8, 4) is 0 Å². The van der Waals surface area contributed by atoms with E-state index >= 15 is 0 Å². The second-order valence-corrected chi connectivity index (χ2v) is 6.68. The predicted molar refractivity (Wildman–Crippen MR) is 73.2 cm³/mol. The van der Waals surface area contributed by atoms with E-state index in [-0.39, 0.29) is 11.9 Å². The van der Waals surface area contributed by atoms with Gasteiger partial charge in [-0.15, -0.1) is 0 Å². The van der Waals surface area contributed by atoms with Gasteiger partial charge in [-0.05, 0) is 43.4 Å². The molecule has 2 fully saturated rings. The van der Waals surface area contributed by atoms with Gasteiger partial charge in [-0.1, -0.05) is 39.5 Å². The van der Waals surface area contributed by atoms with Crippen molar-refractivity contribution in [2.45, 2.75) is 65.2 Å². The van der Waals surface area contributed by atoms with Crippen LogP contribution in [-0.4, -0.2) is 12.6 Å². The molecule has 0 aromatic heterocycles. The van der Waals surface area contributed by atoms with E-state index in [2.05, 4.69) is 13.8 Å². The van der Waals surface area contributed by atoms with E-state index in [4.69, 9.17) is 4.74 Å². The first-order chi connectivity index (χ1) is 8.66. The second kappa shape index (κ2) is 6.58. The molecule has 3 atom stereocenters. The predicted octanol–water partition coefficient (Wildman–Crippen LogP) is 4.18. The topological polar surface area (TPSA) is 26.3 Å². The molecule has 1 saturated heterocycles. The van der Waals surface area contributed by atoms with Crippen LogP contribution in [0.5, 0.6) is 0 Å². The first-order valence-electron chi connectivity index (χ1n) is 7.83. The van der Waals surface area contributed by atoms with E-state index < -0.39 is 0 Å². The fourth-order valence-electron chi connectivity index (χ4n) is 3.83. The summed E-state index contributed by atoms with van der Waals surface area (Å²) in [6.45, 7) is 5.29. The Balaban J connectivity index is 1.89. The Kier molecular flexibility index (Phi) is 5.08. The maximum Gasteiger partial charge on any atom is 0.308 e. The number of ether oxygens (including phenoxy) is 1. The lowest BCUT2D eigenvalue weighted by atomic mass is 9.71. The molecule has 1 aliphatic carbocycles. The summed E-state index contributed by atoms with van der Waals surface area (Å²) >= 11 is 0. The molecule has 1 saturated carbocycles. The maximum absolute atomic E-state index is 11.8. The van der Waals surface area contributed by atoms with Crippen molar-refractivity contribution < 1.29 is 9.53 Å². The molecule has 0 amide bonds. The highest BCUT2D eigenvalue weighted by Crippen LogP contribution is 2.39. The summed E-state index contributed by atoms with van der Waals surface area (Å²) in [4.78, 5) is 11.8. The van der Waals surface area contributed by atoms with Gasteiger partial charge in [0.15, 0.2) is 0 Å². The van der Waals surface area contributed by atoms with Crippen molar-refractivity contribution in [1.29, 1.82) is 0 Å². The first kappa shape index (κ1) is 13.9. The lowest BCUT2D eigenvalue weighted by Crippen LogP contribution is -2.30. The molecule has 0 radical (unpaired) electrons. The molecule has 3 unspecified atom stereocenters. The number of hydrogen-bond acceptors (Lipinski definition) is 2. The molecular weight excluding hydrogens is 224 g/mol. The first-order valence-corrected chi connectivity index (χ1v) is 7.83. The Bertz CT molecular complexity index is 272. The quantitative estimate of drug-likeness (QED) is 0.701. The van der Waals surface area contributed by atoms with Gasteiger partial charge in [0.2, 0.25) is 0 Å². The van der Waals surface area contributed by atoms with E-state index in [1.54, 1.807) is 0 Å². The minimum atomic E-state index is 0.0788. The van der Waals surface area contributed by atoms with Crippen LogP contribution < -0.4 is 0 Å². The van der Waals surface area contributed by atoms with E-state index in [1.807, 2.05) is 0 Å². The maximum atomic E-state index is 11.8. The summed E-state index contributed by atoms with van der Waals surface area (Å²) in [5.41, 5.74) is 0. The zero-order chi connectivity index (χ0) is 13.0. The molecule has 18 heavy (non-hydrogen) atoms. The molecule has 0 bridgehead atoms. The number of hydrogen-bond donors (Lipinski definition) is 0. The van der Waals surface area contributed by atoms with E-state index in [1.165, 1.54) is 32.1 Å². The minimum Gasteiger partial charge on any atom is -0.465 e. The molecular formula is C16H28O2. The molecule has 0 aromatic rings. The molecule has 2 heteroatoms. The Morgan fingerprint density at radius 1 is 1.11 bits per heavy atom. The standard InChI is InChI=1S/C16H28O2/c1-12(2)10-13-6-3-4-7-14(13)11-15-8-5-9-18-16(15)17/h12-15H,3-11H2,1-2H3. The largest absolute Gasteiger partial charge is 0.465 e. The van der Waals surface area contributed by atoms with Crippen LogP contribution in [0, 0.1) is 23.7 Å². The normalized spacial score (nSPS) is 33.5. The summed E-state index contributed by atoms with van der Waals surface area (Å²) in [5, 5.41) is 0. The van der Waals surface area contributed by atoms with Crippen LogP contribution in [0.2, 0.25) is 0 Å². The molecule has 1 heterocycles. The monoisotopic (exact) mass is 252 g/mol. The van der Waals surface area contributed by atoms with Gasteiger partial charge in [-0.3, -0.25) is 4.79 Å². The zero-order valence-corrected chi connectivity index (χ0v) is 12.0. The summed E-state index contributed by atoms with van der Waals surface area (Å²) in [6, 6.07) is 0. The molecule has 104 valence electrons. The van der Waals surface area contributed by atoms with Crippen LogP contribution in [-0.2, 0) is 9.53 Å². The third-order valence-corrected chi connectivity index (χ3v) is 4.70. The van der Waals surface area contributed by atoms with Crippen LogP contribution in [0.15, 0.2) is 0 Å². The fraction of sp³-hybridized carbons (Fsp3) is 0.938. The average molecular weight is 252 g/mol. The Morgan fingerprint density at radius 3 is 2.50 bits per heavy atom. The average Bonchev–Trinajstić information content (AvgIpc) is 2.34. The third kappa shape index (κ3) is 3.73. The SMILES string of the molecule is CC(C)CC1CCCCC1CC1CCCOC1=O. The van der Waals surface area contributed by atoms with Crippen molar-refractivity contribution in [2.24, 2.45) is 23.7 Å². The molecule has 2 aliphatic rings. The van der Waals surface area contributed by atoms with Gasteiger partial charge in [-0.2, -0.15) is 0 Å². The summed E-state index contributed by atoms with van der Waals surface area (Å²) in [5.74, 6) is 2.70. The smallest absolute Gasteiger partial charge is 0.308 e. The third-order valence-electron chi connectivity index (χ3n) is 4.70. The Hall–Kier alpha value is -0.530. The van der Waals surface area contributed by atoms with Crippen molar-refractivity contribution in [2.75, 3.05) is 6.61 Å². The van der Waals surface area contributed by atoms with Crippen LogP contribution in [0.3, 0.4) is 0 Å². The van der Waals surface area contributed by atoms with Gasteiger partial charge in [0.25, 0.3) is 0 Å². The molecule has 0 N–H and O–H groups in total. The highest BCUT2D eigenvalue weighted by atomic mass is 16.5. The van der Waals surface area contributed by atoms with E-state index in [9.17, 15) is 4.79 Å². The Labute approximate surface area is 111 Å². The van der Waals surface area contributed by atoms with Gasteiger partial charge < -0.3 is 4.74 Å². The number of rotatable bonds is 4. The molecule has 1 aliphatic heterocycles. The van der Waals surface area contributed by atoms with Crippen molar-refractivity contribution in [3.05, 3.63) is 0 Å². The summed E-state index contributed by atoms with van der Waals surface area (Å²) in [6.07, 6.45) is 10.0.